The highest BCUT2D eigenvalue weighted by Crippen LogP contribution is 2.28. The van der Waals surface area contributed by atoms with Crippen LogP contribution in [0.1, 0.15) is 52.5 Å². The van der Waals surface area contributed by atoms with Crippen LogP contribution >= 0.6 is 0 Å². The third kappa shape index (κ3) is 4.20. The van der Waals surface area contributed by atoms with Crippen molar-refractivity contribution >= 4 is 5.69 Å². The van der Waals surface area contributed by atoms with Gasteiger partial charge in [0.05, 0.1) is 0 Å². The van der Waals surface area contributed by atoms with E-state index in [1.54, 1.807) is 0 Å². The van der Waals surface area contributed by atoms with Crippen LogP contribution in [0.15, 0.2) is 18.5 Å². The van der Waals surface area contributed by atoms with Crippen LogP contribution in [0.4, 0.5) is 5.69 Å². The SMILES string of the molecule is CCCC1CCN(c2ccncc2CNC(C)(C)C)C1. The summed E-state index contributed by atoms with van der Waals surface area (Å²) >= 11 is 0. The highest BCUT2D eigenvalue weighted by atomic mass is 15.2. The van der Waals surface area contributed by atoms with Crippen molar-refractivity contribution in [2.45, 2.75) is 59.0 Å². The predicted octanol–water partition coefficient (Wildman–Crippen LogP) is 3.60. The van der Waals surface area contributed by atoms with Crippen LogP contribution in [0, 0.1) is 5.92 Å². The standard InChI is InChI=1S/C17H29N3/c1-5-6-14-8-10-20(13-14)16-7-9-18-11-15(16)12-19-17(2,3)4/h7,9,11,14,19H,5-6,8,10,12-13H2,1-4H3. The van der Waals surface area contributed by atoms with Crippen molar-refractivity contribution in [2.75, 3.05) is 18.0 Å². The number of anilines is 1. The second kappa shape index (κ2) is 6.57. The van der Waals surface area contributed by atoms with Crippen LogP contribution in [0.2, 0.25) is 0 Å². The third-order valence-corrected chi connectivity index (χ3v) is 4.01. The first kappa shape index (κ1) is 15.3. The normalized spacial score (nSPS) is 19.6. The van der Waals surface area contributed by atoms with Gasteiger partial charge in [-0.3, -0.25) is 4.98 Å². The monoisotopic (exact) mass is 275 g/mol. The second-order valence-corrected chi connectivity index (χ2v) is 7.00. The molecule has 0 aliphatic carbocycles. The van der Waals surface area contributed by atoms with Crippen molar-refractivity contribution in [1.82, 2.24) is 10.3 Å². The minimum absolute atomic E-state index is 0.142. The van der Waals surface area contributed by atoms with E-state index < -0.39 is 0 Å². The lowest BCUT2D eigenvalue weighted by Crippen LogP contribution is -2.35. The largest absolute Gasteiger partial charge is 0.371 e. The van der Waals surface area contributed by atoms with Crippen molar-refractivity contribution in [3.05, 3.63) is 24.0 Å². The van der Waals surface area contributed by atoms with E-state index in [1.807, 2.05) is 12.4 Å². The summed E-state index contributed by atoms with van der Waals surface area (Å²) in [6, 6.07) is 2.17. The molecule has 1 aromatic rings. The van der Waals surface area contributed by atoms with E-state index in [9.17, 15) is 0 Å². The number of hydrogen-bond acceptors (Lipinski definition) is 3. The summed E-state index contributed by atoms with van der Waals surface area (Å²) in [5, 5.41) is 3.57. The molecule has 1 atom stereocenters. The Balaban J connectivity index is 2.04. The van der Waals surface area contributed by atoms with Gasteiger partial charge >= 0.3 is 0 Å². The van der Waals surface area contributed by atoms with Crippen molar-refractivity contribution in [3.63, 3.8) is 0 Å². The topological polar surface area (TPSA) is 28.2 Å². The summed E-state index contributed by atoms with van der Waals surface area (Å²) in [4.78, 5) is 6.85. The van der Waals surface area contributed by atoms with Crippen molar-refractivity contribution in [3.8, 4) is 0 Å². The van der Waals surface area contributed by atoms with Gasteiger partial charge in [-0.15, -0.1) is 0 Å². The molecule has 0 saturated carbocycles. The summed E-state index contributed by atoms with van der Waals surface area (Å²) in [6.45, 7) is 12.2. The Morgan fingerprint density at radius 1 is 1.40 bits per heavy atom. The molecule has 1 saturated heterocycles. The van der Waals surface area contributed by atoms with Crippen molar-refractivity contribution in [2.24, 2.45) is 5.92 Å². The van der Waals surface area contributed by atoms with E-state index in [1.165, 1.54) is 43.6 Å². The Morgan fingerprint density at radius 2 is 2.20 bits per heavy atom. The van der Waals surface area contributed by atoms with Crippen LogP contribution in [0.25, 0.3) is 0 Å². The first-order chi connectivity index (χ1) is 9.49. The lowest BCUT2D eigenvalue weighted by molar-refractivity contribution is 0.424. The fraction of sp³-hybridized carbons (Fsp3) is 0.706. The molecule has 112 valence electrons. The zero-order chi connectivity index (χ0) is 14.6. The summed E-state index contributed by atoms with van der Waals surface area (Å²) in [7, 11) is 0. The number of rotatable bonds is 5. The van der Waals surface area contributed by atoms with Crippen LogP contribution in [0.5, 0.6) is 0 Å². The van der Waals surface area contributed by atoms with E-state index in [4.69, 9.17) is 0 Å². The molecule has 0 radical (unpaired) electrons. The molecule has 3 nitrogen and oxygen atoms in total. The van der Waals surface area contributed by atoms with Gasteiger partial charge in [-0.2, -0.15) is 0 Å². The van der Waals surface area contributed by atoms with Crippen molar-refractivity contribution < 1.29 is 0 Å². The smallest absolute Gasteiger partial charge is 0.0442 e. The Labute approximate surface area is 123 Å². The highest BCUT2D eigenvalue weighted by Gasteiger charge is 2.23. The fourth-order valence-electron chi connectivity index (χ4n) is 2.92. The minimum Gasteiger partial charge on any atom is -0.371 e. The summed E-state index contributed by atoms with van der Waals surface area (Å²) in [5.74, 6) is 0.872. The third-order valence-electron chi connectivity index (χ3n) is 4.01. The average molecular weight is 275 g/mol. The maximum absolute atomic E-state index is 4.31. The number of hydrogen-bond donors (Lipinski definition) is 1. The van der Waals surface area contributed by atoms with Gasteiger partial charge in [-0.25, -0.2) is 0 Å². The van der Waals surface area contributed by atoms with Crippen LogP contribution in [-0.2, 0) is 6.54 Å². The zero-order valence-electron chi connectivity index (χ0n) is 13.4. The van der Waals surface area contributed by atoms with E-state index >= 15 is 0 Å². The predicted molar refractivity (Wildman–Crippen MR) is 86.1 cm³/mol. The van der Waals surface area contributed by atoms with Gasteiger partial charge in [0.1, 0.15) is 0 Å². The molecule has 0 aromatic carbocycles. The summed E-state index contributed by atoms with van der Waals surface area (Å²) in [5.41, 5.74) is 2.83. The van der Waals surface area contributed by atoms with Gasteiger partial charge < -0.3 is 10.2 Å². The van der Waals surface area contributed by atoms with Gasteiger partial charge in [0.25, 0.3) is 0 Å². The first-order valence-corrected chi connectivity index (χ1v) is 7.92. The Kier molecular flexibility index (Phi) is 5.03. The molecule has 0 spiro atoms. The lowest BCUT2D eigenvalue weighted by atomic mass is 10.0. The van der Waals surface area contributed by atoms with E-state index in [0.29, 0.717) is 0 Å². The van der Waals surface area contributed by atoms with Gasteiger partial charge in [-0.05, 0) is 45.6 Å². The molecule has 0 bridgehead atoms. The van der Waals surface area contributed by atoms with Gasteiger partial charge in [0.2, 0.25) is 0 Å². The highest BCUT2D eigenvalue weighted by molar-refractivity contribution is 5.53. The molecule has 1 unspecified atom stereocenters. The molecular formula is C17H29N3. The molecule has 2 rings (SSSR count). The molecular weight excluding hydrogens is 246 g/mol. The second-order valence-electron chi connectivity index (χ2n) is 7.00. The van der Waals surface area contributed by atoms with E-state index in [0.717, 1.165) is 12.5 Å². The van der Waals surface area contributed by atoms with E-state index in [2.05, 4.69) is 49.0 Å². The van der Waals surface area contributed by atoms with Gasteiger partial charge in [0.15, 0.2) is 0 Å². The Morgan fingerprint density at radius 3 is 2.90 bits per heavy atom. The van der Waals surface area contributed by atoms with Crippen LogP contribution < -0.4 is 10.2 Å². The number of nitrogens with one attached hydrogen (secondary N) is 1. The van der Waals surface area contributed by atoms with Gasteiger partial charge in [0, 0.05) is 48.8 Å². The summed E-state index contributed by atoms with van der Waals surface area (Å²) in [6.07, 6.45) is 7.93. The maximum Gasteiger partial charge on any atom is 0.0442 e. The number of aromatic nitrogens is 1. The lowest BCUT2D eigenvalue weighted by Gasteiger charge is -2.25. The number of pyridine rings is 1. The Hall–Kier alpha value is -1.09. The van der Waals surface area contributed by atoms with Crippen molar-refractivity contribution in [1.29, 1.82) is 0 Å². The fourth-order valence-corrected chi connectivity index (χ4v) is 2.92. The molecule has 1 aliphatic rings. The Bertz CT molecular complexity index is 422. The van der Waals surface area contributed by atoms with Gasteiger partial charge in [-0.1, -0.05) is 13.3 Å². The maximum atomic E-state index is 4.31. The number of nitrogens with zero attached hydrogens (tertiary/aromatic N) is 2. The first-order valence-electron chi connectivity index (χ1n) is 7.92. The van der Waals surface area contributed by atoms with E-state index in [-0.39, 0.29) is 5.54 Å². The molecule has 1 fully saturated rings. The molecule has 1 N–H and O–H groups in total. The molecule has 0 amide bonds. The average Bonchev–Trinajstić information content (AvgIpc) is 2.85. The molecule has 1 aromatic heterocycles. The zero-order valence-corrected chi connectivity index (χ0v) is 13.4. The molecule has 1 aliphatic heterocycles. The molecule has 2 heterocycles. The minimum atomic E-state index is 0.142. The quantitative estimate of drug-likeness (QED) is 0.890. The molecule has 3 heteroatoms. The molecule has 20 heavy (non-hydrogen) atoms. The van der Waals surface area contributed by atoms with Crippen LogP contribution in [0.3, 0.4) is 0 Å². The summed E-state index contributed by atoms with van der Waals surface area (Å²) < 4.78 is 0. The van der Waals surface area contributed by atoms with Crippen LogP contribution in [-0.4, -0.2) is 23.6 Å².